The van der Waals surface area contributed by atoms with Crippen molar-refractivity contribution in [1.82, 2.24) is 4.57 Å². The molecule has 0 aliphatic heterocycles. The average molecular weight is 385 g/mol. The maximum atomic E-state index is 11.9. The van der Waals surface area contributed by atoms with Gasteiger partial charge >= 0.3 is 5.91 Å². The number of unbranched alkanes of at least 4 members (excludes halogenated alkanes) is 14. The molecule has 0 fully saturated rings. The molecule has 1 heterocycles. The Bertz CT molecular complexity index is 445. The first kappa shape index (κ1) is 25.2. The number of nitrogens with zero attached hydrogens (tertiary/aromatic N) is 2. The summed E-state index contributed by atoms with van der Waals surface area (Å²) in [7, 11) is 1.94. The van der Waals surface area contributed by atoms with Crippen LogP contribution in [0.25, 0.3) is 0 Å². The lowest BCUT2D eigenvalue weighted by Crippen LogP contribution is -3.00. The molecule has 0 aliphatic rings. The molecular formula is C22H41ClN2O. The lowest BCUT2D eigenvalue weighted by molar-refractivity contribution is -0.573. The van der Waals surface area contributed by atoms with E-state index in [1.807, 2.05) is 30.3 Å². The highest BCUT2D eigenvalue weighted by Crippen LogP contribution is 2.13. The Morgan fingerprint density at radius 1 is 0.769 bits per heavy atom. The molecule has 0 N–H and O–H groups in total. The molecular weight excluding hydrogens is 344 g/mol. The van der Waals surface area contributed by atoms with Crippen LogP contribution in [0.1, 0.15) is 114 Å². The molecule has 0 amide bonds. The third-order valence-electron chi connectivity index (χ3n) is 5.05. The van der Waals surface area contributed by atoms with Gasteiger partial charge in [0.2, 0.25) is 0 Å². The highest BCUT2D eigenvalue weighted by molar-refractivity contribution is 5.66. The Labute approximate surface area is 168 Å². The minimum Gasteiger partial charge on any atom is -1.00 e. The fourth-order valence-corrected chi connectivity index (χ4v) is 3.37. The molecule has 1 aromatic heterocycles. The maximum Gasteiger partial charge on any atom is 0.313 e. The van der Waals surface area contributed by atoms with Crippen LogP contribution in [0.3, 0.4) is 0 Å². The number of carbonyl (C=O) groups is 1. The van der Waals surface area contributed by atoms with Crippen molar-refractivity contribution in [3.8, 4) is 0 Å². The second-order valence-electron chi connectivity index (χ2n) is 7.58. The van der Waals surface area contributed by atoms with Crippen LogP contribution in [-0.4, -0.2) is 10.5 Å². The number of aryl methyl sites for hydroxylation is 1. The van der Waals surface area contributed by atoms with Crippen molar-refractivity contribution in [2.45, 2.75) is 110 Å². The van der Waals surface area contributed by atoms with E-state index in [0.717, 1.165) is 6.42 Å². The number of hydrogen-bond donors (Lipinski definition) is 0. The third-order valence-corrected chi connectivity index (χ3v) is 5.05. The highest BCUT2D eigenvalue weighted by Gasteiger charge is 2.10. The van der Waals surface area contributed by atoms with Crippen molar-refractivity contribution in [3.05, 3.63) is 18.7 Å². The minimum atomic E-state index is 0. The number of hydrogen-bond acceptors (Lipinski definition) is 1. The fourth-order valence-electron chi connectivity index (χ4n) is 3.37. The van der Waals surface area contributed by atoms with Crippen molar-refractivity contribution in [2.75, 3.05) is 0 Å². The molecule has 0 spiro atoms. The second kappa shape index (κ2) is 17.6. The number of imidazole rings is 1. The first-order chi connectivity index (χ1) is 12.2. The van der Waals surface area contributed by atoms with Crippen LogP contribution in [0.4, 0.5) is 0 Å². The molecule has 0 saturated heterocycles. The summed E-state index contributed by atoms with van der Waals surface area (Å²) in [5.74, 6) is 0.218. The zero-order chi connectivity index (χ0) is 18.2. The molecule has 0 aromatic carbocycles. The van der Waals surface area contributed by atoms with E-state index in [1.165, 1.54) is 89.9 Å². The number of halogens is 1. The molecule has 0 bridgehead atoms. The smallest absolute Gasteiger partial charge is 0.313 e. The summed E-state index contributed by atoms with van der Waals surface area (Å²) < 4.78 is 3.61. The average Bonchev–Trinajstić information content (AvgIpc) is 3.04. The largest absolute Gasteiger partial charge is 1.00 e. The first-order valence-electron chi connectivity index (χ1n) is 10.8. The Morgan fingerprint density at radius 2 is 1.19 bits per heavy atom. The SMILES string of the molecule is CCCCCCCCCCCCCCCCCC(=O)[n+]1ccn(C)c1.[Cl-]. The van der Waals surface area contributed by atoms with Crippen LogP contribution < -0.4 is 17.0 Å². The summed E-state index contributed by atoms with van der Waals surface area (Å²) in [4.78, 5) is 11.9. The molecule has 0 unspecified atom stereocenters. The predicted molar refractivity (Wildman–Crippen MR) is 106 cm³/mol. The summed E-state index contributed by atoms with van der Waals surface area (Å²) in [6, 6.07) is 0. The quantitative estimate of drug-likeness (QED) is 0.317. The standard InChI is InChI=1S/C22H41N2O.ClH/c1-3-4-5-6-7-8-9-10-11-12-13-14-15-16-17-18-22(25)24-20-19-23(2)21-24;/h19-21H,3-18H2,1-2H3;1H/q+1;/p-1. The number of carbonyl (C=O) groups excluding carboxylic acids is 1. The van der Waals surface area contributed by atoms with E-state index < -0.39 is 0 Å². The van der Waals surface area contributed by atoms with Gasteiger partial charge in [0.05, 0.1) is 13.5 Å². The summed E-state index contributed by atoms with van der Waals surface area (Å²) >= 11 is 0. The lowest BCUT2D eigenvalue weighted by atomic mass is 10.0. The lowest BCUT2D eigenvalue weighted by Gasteiger charge is -2.03. The van der Waals surface area contributed by atoms with Crippen LogP contribution in [0, 0.1) is 0 Å². The Kier molecular flexibility index (Phi) is 17.0. The zero-order valence-electron chi connectivity index (χ0n) is 17.2. The van der Waals surface area contributed by atoms with E-state index >= 15 is 0 Å². The molecule has 0 atom stereocenters. The van der Waals surface area contributed by atoms with Crippen LogP contribution in [0.15, 0.2) is 18.7 Å². The molecule has 152 valence electrons. The highest BCUT2D eigenvalue weighted by atomic mass is 35.5. The van der Waals surface area contributed by atoms with E-state index in [4.69, 9.17) is 0 Å². The minimum absolute atomic E-state index is 0. The molecule has 1 rings (SSSR count). The summed E-state index contributed by atoms with van der Waals surface area (Å²) in [5.41, 5.74) is 0. The van der Waals surface area contributed by atoms with E-state index in [9.17, 15) is 4.79 Å². The molecule has 26 heavy (non-hydrogen) atoms. The monoisotopic (exact) mass is 384 g/mol. The van der Waals surface area contributed by atoms with E-state index in [-0.39, 0.29) is 18.3 Å². The molecule has 0 aliphatic carbocycles. The van der Waals surface area contributed by atoms with Gasteiger partial charge in [-0.2, -0.15) is 4.57 Å². The summed E-state index contributed by atoms with van der Waals surface area (Å²) in [5, 5.41) is 0. The van der Waals surface area contributed by atoms with Crippen molar-refractivity contribution < 1.29 is 21.8 Å². The molecule has 4 heteroatoms. The molecule has 3 nitrogen and oxygen atoms in total. The fraction of sp³-hybridized carbons (Fsp3) is 0.818. The van der Waals surface area contributed by atoms with Crippen LogP contribution in [0.2, 0.25) is 0 Å². The Hall–Kier alpha value is -0.830. The Morgan fingerprint density at radius 3 is 1.58 bits per heavy atom. The van der Waals surface area contributed by atoms with Gasteiger partial charge in [0, 0.05) is 0 Å². The van der Waals surface area contributed by atoms with Gasteiger partial charge in [0.25, 0.3) is 6.33 Å². The normalized spacial score (nSPS) is 10.7. The van der Waals surface area contributed by atoms with Crippen molar-refractivity contribution >= 4 is 5.91 Å². The second-order valence-corrected chi connectivity index (χ2v) is 7.58. The van der Waals surface area contributed by atoms with E-state index in [2.05, 4.69) is 6.92 Å². The van der Waals surface area contributed by atoms with Crippen molar-refractivity contribution in [3.63, 3.8) is 0 Å². The summed E-state index contributed by atoms with van der Waals surface area (Å²) in [6.45, 7) is 2.28. The first-order valence-corrected chi connectivity index (χ1v) is 10.8. The predicted octanol–water partition coefficient (Wildman–Crippen LogP) is 3.22. The topological polar surface area (TPSA) is 25.9 Å². The van der Waals surface area contributed by atoms with Gasteiger partial charge in [-0.1, -0.05) is 96.8 Å². The van der Waals surface area contributed by atoms with Gasteiger partial charge in [-0.15, -0.1) is 0 Å². The zero-order valence-corrected chi connectivity index (χ0v) is 18.0. The van der Waals surface area contributed by atoms with Crippen LogP contribution >= 0.6 is 0 Å². The van der Waals surface area contributed by atoms with Gasteiger partial charge in [-0.3, -0.25) is 0 Å². The van der Waals surface area contributed by atoms with Crippen LogP contribution in [0.5, 0.6) is 0 Å². The number of aromatic nitrogens is 2. The molecule has 0 saturated carbocycles. The van der Waals surface area contributed by atoms with Crippen molar-refractivity contribution in [2.24, 2.45) is 7.05 Å². The van der Waals surface area contributed by atoms with Gasteiger partial charge in [0.15, 0.2) is 0 Å². The van der Waals surface area contributed by atoms with Gasteiger partial charge in [0.1, 0.15) is 12.4 Å². The van der Waals surface area contributed by atoms with Gasteiger partial charge in [-0.05, 0) is 6.42 Å². The third kappa shape index (κ3) is 13.4. The maximum absolute atomic E-state index is 11.9. The number of rotatable bonds is 16. The Balaban J connectivity index is 0.00000625. The molecule has 1 aromatic rings. The van der Waals surface area contributed by atoms with Gasteiger partial charge < -0.3 is 12.4 Å². The van der Waals surface area contributed by atoms with Crippen LogP contribution in [-0.2, 0) is 7.05 Å². The van der Waals surface area contributed by atoms with Crippen molar-refractivity contribution in [1.29, 1.82) is 0 Å². The van der Waals surface area contributed by atoms with E-state index in [0.29, 0.717) is 6.42 Å². The van der Waals surface area contributed by atoms with Gasteiger partial charge in [-0.25, -0.2) is 9.36 Å². The van der Waals surface area contributed by atoms with E-state index in [1.54, 1.807) is 4.57 Å². The molecule has 0 radical (unpaired) electrons. The summed E-state index contributed by atoms with van der Waals surface area (Å²) in [6.07, 6.45) is 26.7.